The fourth-order valence-electron chi connectivity index (χ4n) is 2.12. The van der Waals surface area contributed by atoms with E-state index in [9.17, 15) is 12.8 Å². The van der Waals surface area contributed by atoms with Gasteiger partial charge in [-0.25, -0.2) is 12.8 Å². The van der Waals surface area contributed by atoms with Crippen LogP contribution in [0.5, 0.6) is 0 Å². The van der Waals surface area contributed by atoms with Crippen LogP contribution in [0.1, 0.15) is 6.42 Å². The number of hydrogen-bond acceptors (Lipinski definition) is 4. The largest absolute Gasteiger partial charge is 0.379 e. The molecule has 4 nitrogen and oxygen atoms in total. The first-order valence-corrected chi connectivity index (χ1v) is 7.70. The van der Waals surface area contributed by atoms with E-state index >= 15 is 0 Å². The zero-order valence-corrected chi connectivity index (χ0v) is 11.3. The molecule has 2 rings (SSSR count). The van der Waals surface area contributed by atoms with E-state index in [2.05, 4.69) is 10.2 Å². The minimum absolute atomic E-state index is 0.137. The van der Waals surface area contributed by atoms with Gasteiger partial charge in [-0.2, -0.15) is 0 Å². The van der Waals surface area contributed by atoms with Crippen LogP contribution in [0, 0.1) is 5.82 Å². The van der Waals surface area contributed by atoms with E-state index in [0.29, 0.717) is 0 Å². The Morgan fingerprint density at radius 1 is 1.44 bits per heavy atom. The average Bonchev–Trinajstić information content (AvgIpc) is 2.66. The molecule has 1 aliphatic rings. The Morgan fingerprint density at radius 3 is 2.72 bits per heavy atom. The molecule has 1 atom stereocenters. The maximum Gasteiger partial charge on any atom is 0.175 e. The summed E-state index contributed by atoms with van der Waals surface area (Å²) in [7, 11) is -1.30. The molecule has 18 heavy (non-hydrogen) atoms. The lowest BCUT2D eigenvalue weighted by atomic mass is 10.2. The third-order valence-electron chi connectivity index (χ3n) is 3.12. The van der Waals surface area contributed by atoms with Crippen molar-refractivity contribution in [1.82, 2.24) is 4.90 Å². The lowest BCUT2D eigenvalue weighted by Crippen LogP contribution is -2.24. The second kappa shape index (κ2) is 4.85. The minimum Gasteiger partial charge on any atom is -0.379 e. The van der Waals surface area contributed by atoms with Gasteiger partial charge in [-0.3, -0.25) is 0 Å². The van der Waals surface area contributed by atoms with Crippen molar-refractivity contribution in [1.29, 1.82) is 0 Å². The molecule has 6 heteroatoms. The van der Waals surface area contributed by atoms with Crippen LogP contribution in [-0.4, -0.2) is 45.8 Å². The maximum absolute atomic E-state index is 13.6. The number of halogens is 1. The summed E-state index contributed by atoms with van der Waals surface area (Å²) in [4.78, 5) is 2.29. The van der Waals surface area contributed by atoms with Crippen LogP contribution in [0.2, 0.25) is 0 Å². The Labute approximate surface area is 107 Å². The molecule has 1 fully saturated rings. The monoisotopic (exact) mass is 272 g/mol. The molecule has 0 spiro atoms. The van der Waals surface area contributed by atoms with Gasteiger partial charge in [-0.15, -0.1) is 0 Å². The van der Waals surface area contributed by atoms with Crippen LogP contribution in [0.25, 0.3) is 0 Å². The molecule has 100 valence electrons. The first kappa shape index (κ1) is 13.3. The molecule has 0 aromatic heterocycles. The molecule has 0 radical (unpaired) electrons. The standard InChI is InChI=1S/C12H17FN2O2S/c1-15-6-5-9(8-15)14-12-7-10(18(2,16)17)3-4-11(12)13/h3-4,7,9,14H,5-6,8H2,1-2H3. The van der Waals surface area contributed by atoms with Crippen molar-refractivity contribution in [2.24, 2.45) is 0 Å². The van der Waals surface area contributed by atoms with Gasteiger partial charge < -0.3 is 10.2 Å². The summed E-state index contributed by atoms with van der Waals surface area (Å²) in [5.74, 6) is -0.419. The van der Waals surface area contributed by atoms with Crippen molar-refractivity contribution < 1.29 is 12.8 Å². The number of nitrogens with zero attached hydrogens (tertiary/aromatic N) is 1. The summed E-state index contributed by atoms with van der Waals surface area (Å²) in [6.07, 6.45) is 2.05. The molecule has 1 heterocycles. The van der Waals surface area contributed by atoms with Gasteiger partial charge in [0.15, 0.2) is 9.84 Å². The first-order chi connectivity index (χ1) is 8.36. The average molecular weight is 272 g/mol. The highest BCUT2D eigenvalue weighted by atomic mass is 32.2. The van der Waals surface area contributed by atoms with Crippen molar-refractivity contribution in [3.05, 3.63) is 24.0 Å². The summed E-state index contributed by atoms with van der Waals surface area (Å²) < 4.78 is 36.5. The SMILES string of the molecule is CN1CCC(Nc2cc(S(C)(=O)=O)ccc2F)C1. The van der Waals surface area contributed by atoms with Crippen LogP contribution < -0.4 is 5.32 Å². The van der Waals surface area contributed by atoms with E-state index in [1.54, 1.807) is 0 Å². The summed E-state index contributed by atoms with van der Waals surface area (Å²) >= 11 is 0. The summed E-state index contributed by atoms with van der Waals surface area (Å²) in [6, 6.07) is 4.01. The van der Waals surface area contributed by atoms with E-state index in [0.717, 1.165) is 25.8 Å². The van der Waals surface area contributed by atoms with E-state index in [-0.39, 0.29) is 16.6 Å². The molecule has 1 aliphatic heterocycles. The first-order valence-electron chi connectivity index (χ1n) is 5.81. The lowest BCUT2D eigenvalue weighted by Gasteiger charge is -2.15. The van der Waals surface area contributed by atoms with Gasteiger partial charge in [-0.05, 0) is 38.2 Å². The zero-order chi connectivity index (χ0) is 13.3. The number of sulfone groups is 1. The van der Waals surface area contributed by atoms with Crippen molar-refractivity contribution in [2.75, 3.05) is 31.7 Å². The summed E-state index contributed by atoms with van der Waals surface area (Å²) in [5.41, 5.74) is 0.262. The number of hydrogen-bond donors (Lipinski definition) is 1. The van der Waals surface area contributed by atoms with E-state index < -0.39 is 15.7 Å². The number of benzene rings is 1. The smallest absolute Gasteiger partial charge is 0.175 e. The van der Waals surface area contributed by atoms with Gasteiger partial charge in [0.1, 0.15) is 5.82 Å². The van der Waals surface area contributed by atoms with Gasteiger partial charge in [0.05, 0.1) is 10.6 Å². The Hall–Kier alpha value is -1.14. The van der Waals surface area contributed by atoms with E-state index in [4.69, 9.17) is 0 Å². The fraction of sp³-hybridized carbons (Fsp3) is 0.500. The third kappa shape index (κ3) is 3.00. The molecule has 0 aliphatic carbocycles. The second-order valence-electron chi connectivity index (χ2n) is 4.81. The topological polar surface area (TPSA) is 49.4 Å². The molecular formula is C12H17FN2O2S. The zero-order valence-electron chi connectivity index (χ0n) is 10.5. The quantitative estimate of drug-likeness (QED) is 0.844. The molecule has 1 aromatic carbocycles. The normalized spacial score (nSPS) is 21.2. The molecule has 0 bridgehead atoms. The number of nitrogens with one attached hydrogen (secondary N) is 1. The van der Waals surface area contributed by atoms with Crippen LogP contribution in [-0.2, 0) is 9.84 Å². The highest BCUT2D eigenvalue weighted by Gasteiger charge is 2.20. The van der Waals surface area contributed by atoms with Crippen molar-refractivity contribution >= 4 is 15.5 Å². The van der Waals surface area contributed by atoms with Crippen LogP contribution in [0.15, 0.2) is 23.1 Å². The fourth-order valence-corrected chi connectivity index (χ4v) is 2.77. The van der Waals surface area contributed by atoms with Crippen molar-refractivity contribution in [3.63, 3.8) is 0 Å². The van der Waals surface area contributed by atoms with Gasteiger partial charge in [0.2, 0.25) is 0 Å². The highest BCUT2D eigenvalue weighted by Crippen LogP contribution is 2.22. The Balaban J connectivity index is 2.22. The number of likely N-dealkylation sites (tertiary alicyclic amines) is 1. The van der Waals surface area contributed by atoms with Gasteiger partial charge in [0.25, 0.3) is 0 Å². The van der Waals surface area contributed by atoms with Gasteiger partial charge >= 0.3 is 0 Å². The molecule has 1 N–H and O–H groups in total. The molecule has 0 saturated carbocycles. The third-order valence-corrected chi connectivity index (χ3v) is 4.23. The Bertz CT molecular complexity index is 545. The van der Waals surface area contributed by atoms with Crippen LogP contribution in [0.3, 0.4) is 0 Å². The molecule has 1 saturated heterocycles. The second-order valence-corrected chi connectivity index (χ2v) is 6.82. The number of likely N-dealkylation sites (N-methyl/N-ethyl adjacent to an activating group) is 1. The Morgan fingerprint density at radius 2 is 2.17 bits per heavy atom. The predicted octanol–water partition coefficient (Wildman–Crippen LogP) is 1.35. The van der Waals surface area contributed by atoms with Crippen molar-refractivity contribution in [2.45, 2.75) is 17.4 Å². The summed E-state index contributed by atoms with van der Waals surface area (Å²) in [6.45, 7) is 1.80. The van der Waals surface area contributed by atoms with Crippen molar-refractivity contribution in [3.8, 4) is 0 Å². The number of anilines is 1. The molecule has 1 aromatic rings. The molecule has 1 unspecified atom stereocenters. The lowest BCUT2D eigenvalue weighted by molar-refractivity contribution is 0.414. The molecular weight excluding hydrogens is 255 g/mol. The van der Waals surface area contributed by atoms with E-state index in [1.165, 1.54) is 18.2 Å². The highest BCUT2D eigenvalue weighted by molar-refractivity contribution is 7.90. The van der Waals surface area contributed by atoms with Crippen LogP contribution in [0.4, 0.5) is 10.1 Å². The molecule has 0 amide bonds. The van der Waals surface area contributed by atoms with Gasteiger partial charge in [0, 0.05) is 18.8 Å². The van der Waals surface area contributed by atoms with Gasteiger partial charge in [-0.1, -0.05) is 0 Å². The predicted molar refractivity (Wildman–Crippen MR) is 69.0 cm³/mol. The van der Waals surface area contributed by atoms with Crippen LogP contribution >= 0.6 is 0 Å². The minimum atomic E-state index is -3.30. The Kier molecular flexibility index (Phi) is 3.59. The summed E-state index contributed by atoms with van der Waals surface area (Å²) in [5, 5.41) is 3.07. The maximum atomic E-state index is 13.6. The number of rotatable bonds is 3. The van der Waals surface area contributed by atoms with E-state index in [1.807, 2.05) is 7.05 Å².